The van der Waals surface area contributed by atoms with Gasteiger partial charge in [-0.1, -0.05) is 118 Å². The first-order valence-corrected chi connectivity index (χ1v) is 18.7. The number of hydrogen-bond acceptors (Lipinski definition) is 4. The fourth-order valence-corrected chi connectivity index (χ4v) is 7.90. The Kier molecular flexibility index (Phi) is 7.63. The number of hydrogen-bond donors (Lipinski definition) is 0. The lowest BCUT2D eigenvalue weighted by Gasteiger charge is -2.19. The summed E-state index contributed by atoms with van der Waals surface area (Å²) in [4.78, 5) is 20.1. The number of nitrogens with zero attached hydrogens (tertiary/aromatic N) is 5. The Morgan fingerprint density at radius 3 is 1.95 bits per heavy atom. The maximum absolute atomic E-state index is 5.50. The number of benzene rings is 5. The molecule has 0 fully saturated rings. The molecule has 0 atom stereocenters. The number of fused-ring (bicyclic) bond motifs is 6. The van der Waals surface area contributed by atoms with Gasteiger partial charge >= 0.3 is 0 Å². The molecule has 0 N–H and O–H groups in total. The number of para-hydroxylation sites is 1. The smallest absolute Gasteiger partial charge is 0.138 e. The molecule has 5 heterocycles. The average Bonchev–Trinajstić information content (AvgIpc) is 3.57. The van der Waals surface area contributed by atoms with Crippen molar-refractivity contribution < 1.29 is 0 Å². The molecule has 0 aliphatic rings. The molecule has 0 bridgehead atoms. The minimum Gasteiger partial charge on any atom is -0.292 e. The van der Waals surface area contributed by atoms with Gasteiger partial charge in [0.1, 0.15) is 5.82 Å². The predicted octanol–water partition coefficient (Wildman–Crippen LogP) is 12.6. The highest BCUT2D eigenvalue weighted by Crippen LogP contribution is 2.39. The van der Waals surface area contributed by atoms with E-state index in [0.717, 1.165) is 78.0 Å². The summed E-state index contributed by atoms with van der Waals surface area (Å²) in [6.45, 7) is 6.75. The van der Waals surface area contributed by atoms with Crippen molar-refractivity contribution in [2.45, 2.75) is 26.2 Å². The number of rotatable bonds is 5. The lowest BCUT2D eigenvalue weighted by atomic mass is 9.86. The third-order valence-corrected chi connectivity index (χ3v) is 10.7. The van der Waals surface area contributed by atoms with Gasteiger partial charge < -0.3 is 0 Å². The molecule has 0 radical (unpaired) electrons. The zero-order chi connectivity index (χ0) is 37.1. The van der Waals surface area contributed by atoms with Crippen LogP contribution in [0.3, 0.4) is 0 Å². The van der Waals surface area contributed by atoms with E-state index in [2.05, 4.69) is 164 Å². The Hall–Kier alpha value is -6.98. The van der Waals surface area contributed by atoms with E-state index in [4.69, 9.17) is 15.0 Å². The molecule has 5 nitrogen and oxygen atoms in total. The van der Waals surface area contributed by atoms with Gasteiger partial charge in [-0.2, -0.15) is 0 Å². The average molecular weight is 708 g/mol. The lowest BCUT2D eigenvalue weighted by molar-refractivity contribution is 0.590. The van der Waals surface area contributed by atoms with Crippen LogP contribution in [0, 0.1) is 0 Å². The highest BCUT2D eigenvalue weighted by atomic mass is 15.1. The fourth-order valence-electron chi connectivity index (χ4n) is 7.90. The van der Waals surface area contributed by atoms with Crippen molar-refractivity contribution in [2.24, 2.45) is 0 Å². The summed E-state index contributed by atoms with van der Waals surface area (Å²) in [5.74, 6) is 0.820. The van der Waals surface area contributed by atoms with Gasteiger partial charge in [0.25, 0.3) is 0 Å². The van der Waals surface area contributed by atoms with Crippen LogP contribution in [0.4, 0.5) is 0 Å². The maximum atomic E-state index is 5.50. The van der Waals surface area contributed by atoms with Gasteiger partial charge in [0.05, 0.1) is 40.0 Å². The normalized spacial score (nSPS) is 11.9. The molecule has 0 saturated carbocycles. The number of pyridine rings is 4. The van der Waals surface area contributed by atoms with Gasteiger partial charge in [0.2, 0.25) is 0 Å². The number of aromatic nitrogens is 5. The van der Waals surface area contributed by atoms with Crippen LogP contribution in [0.5, 0.6) is 0 Å². The van der Waals surface area contributed by atoms with E-state index in [0.29, 0.717) is 0 Å². The quantitative estimate of drug-likeness (QED) is 0.167. The van der Waals surface area contributed by atoms with Crippen molar-refractivity contribution in [3.8, 4) is 50.8 Å². The Bertz CT molecular complexity index is 3010. The molecule has 0 aliphatic heterocycles. The van der Waals surface area contributed by atoms with E-state index in [1.807, 2.05) is 36.8 Å². The zero-order valence-electron chi connectivity index (χ0n) is 30.9. The molecule has 5 heteroatoms. The molecular formula is C50H37N5. The van der Waals surface area contributed by atoms with E-state index in [1.165, 1.54) is 21.7 Å². The second-order valence-electron chi connectivity index (χ2n) is 15.2. The standard InChI is InChI=1S/C50H37N5/c1-50(2,3)36-21-19-32(20-22-36)34-27-44(54-49(30-34)55-47-18-9-8-16-40(47)41-23-25-51-31-48(41)55)35-28-45(53-46(29-35)43-17-10-11-24-52-43)42-26-33-12-4-5-13-37(33)38-14-6-7-15-39(38)42/h4-31H,1-3H3. The summed E-state index contributed by atoms with van der Waals surface area (Å²) in [5, 5.41) is 7.04. The van der Waals surface area contributed by atoms with Crippen LogP contribution in [0.1, 0.15) is 26.3 Å². The fraction of sp³-hybridized carbons (Fsp3) is 0.0800. The van der Waals surface area contributed by atoms with Crippen LogP contribution >= 0.6 is 0 Å². The van der Waals surface area contributed by atoms with E-state index >= 15 is 0 Å². The predicted molar refractivity (Wildman–Crippen MR) is 227 cm³/mol. The first-order chi connectivity index (χ1) is 26.9. The molecule has 5 aromatic carbocycles. The van der Waals surface area contributed by atoms with Gasteiger partial charge in [0, 0.05) is 34.3 Å². The van der Waals surface area contributed by atoms with Gasteiger partial charge in [0.15, 0.2) is 0 Å². The molecule has 0 amide bonds. The highest BCUT2D eigenvalue weighted by molar-refractivity contribution is 6.13. The second kappa shape index (κ2) is 12.9. The van der Waals surface area contributed by atoms with Gasteiger partial charge in [-0.3, -0.25) is 14.5 Å². The van der Waals surface area contributed by atoms with Crippen LogP contribution < -0.4 is 0 Å². The highest BCUT2D eigenvalue weighted by Gasteiger charge is 2.19. The van der Waals surface area contributed by atoms with Crippen LogP contribution in [0.15, 0.2) is 170 Å². The first kappa shape index (κ1) is 32.7. The van der Waals surface area contributed by atoms with E-state index in [-0.39, 0.29) is 5.41 Å². The Balaban J connectivity index is 1.26. The molecular weight excluding hydrogens is 671 g/mol. The first-order valence-electron chi connectivity index (χ1n) is 18.7. The second-order valence-corrected chi connectivity index (χ2v) is 15.2. The molecule has 0 saturated heterocycles. The summed E-state index contributed by atoms with van der Waals surface area (Å²) in [7, 11) is 0. The van der Waals surface area contributed by atoms with Crippen molar-refractivity contribution in [3.05, 3.63) is 176 Å². The molecule has 10 aromatic rings. The maximum Gasteiger partial charge on any atom is 0.138 e. The van der Waals surface area contributed by atoms with Crippen molar-refractivity contribution in [3.63, 3.8) is 0 Å². The molecule has 0 unspecified atom stereocenters. The topological polar surface area (TPSA) is 56.5 Å². The summed E-state index contributed by atoms with van der Waals surface area (Å²) in [5.41, 5.74) is 10.9. The third kappa shape index (κ3) is 5.73. The van der Waals surface area contributed by atoms with Crippen molar-refractivity contribution in [1.82, 2.24) is 24.5 Å². The molecule has 55 heavy (non-hydrogen) atoms. The minimum absolute atomic E-state index is 0.0469. The largest absolute Gasteiger partial charge is 0.292 e. The van der Waals surface area contributed by atoms with E-state index < -0.39 is 0 Å². The Morgan fingerprint density at radius 2 is 1.15 bits per heavy atom. The van der Waals surface area contributed by atoms with E-state index in [1.54, 1.807) is 0 Å². The molecule has 10 rings (SSSR count). The molecule has 262 valence electrons. The minimum atomic E-state index is 0.0469. The van der Waals surface area contributed by atoms with E-state index in [9.17, 15) is 0 Å². The Labute approximate surface area is 319 Å². The monoisotopic (exact) mass is 707 g/mol. The van der Waals surface area contributed by atoms with Gasteiger partial charge in [-0.05, 0) is 98.2 Å². The van der Waals surface area contributed by atoms with Crippen molar-refractivity contribution in [2.75, 3.05) is 0 Å². The summed E-state index contributed by atoms with van der Waals surface area (Å²) < 4.78 is 2.24. The van der Waals surface area contributed by atoms with Crippen LogP contribution in [-0.4, -0.2) is 24.5 Å². The summed E-state index contributed by atoms with van der Waals surface area (Å²) >= 11 is 0. The van der Waals surface area contributed by atoms with Crippen LogP contribution in [-0.2, 0) is 5.41 Å². The molecule has 5 aromatic heterocycles. The molecule has 0 spiro atoms. The lowest BCUT2D eigenvalue weighted by Crippen LogP contribution is -2.10. The van der Waals surface area contributed by atoms with Crippen molar-refractivity contribution >= 4 is 43.4 Å². The summed E-state index contributed by atoms with van der Waals surface area (Å²) in [6, 6.07) is 53.7. The summed E-state index contributed by atoms with van der Waals surface area (Å²) in [6.07, 6.45) is 5.62. The third-order valence-electron chi connectivity index (χ3n) is 10.7. The SMILES string of the molecule is CC(C)(C)c1ccc(-c2cc(-c3cc(-c4ccccn4)nc(-c4cc5ccccc5c5ccccc45)c3)nc(-n3c4ccccc4c4ccncc43)c2)cc1. The Morgan fingerprint density at radius 1 is 0.455 bits per heavy atom. The molecule has 0 aliphatic carbocycles. The van der Waals surface area contributed by atoms with Crippen molar-refractivity contribution in [1.29, 1.82) is 0 Å². The van der Waals surface area contributed by atoms with Crippen LogP contribution in [0.25, 0.3) is 94.2 Å². The van der Waals surface area contributed by atoms with Gasteiger partial charge in [-0.15, -0.1) is 0 Å². The zero-order valence-corrected chi connectivity index (χ0v) is 30.9. The van der Waals surface area contributed by atoms with Gasteiger partial charge in [-0.25, -0.2) is 9.97 Å². The van der Waals surface area contributed by atoms with Crippen LogP contribution in [0.2, 0.25) is 0 Å².